The summed E-state index contributed by atoms with van der Waals surface area (Å²) < 4.78 is 22.3. The van der Waals surface area contributed by atoms with E-state index in [0.29, 0.717) is 12.1 Å². The number of hydrogen-bond acceptors (Lipinski definition) is 3. The summed E-state index contributed by atoms with van der Waals surface area (Å²) in [7, 11) is -2.03. The van der Waals surface area contributed by atoms with Gasteiger partial charge in [-0.15, -0.1) is 0 Å². The lowest BCUT2D eigenvalue weighted by atomic mass is 10.2. The van der Waals surface area contributed by atoms with Crippen molar-refractivity contribution in [1.29, 1.82) is 0 Å². The van der Waals surface area contributed by atoms with Crippen LogP contribution in [0, 0.1) is 0 Å². The SMILES string of the molecule is CCN(C)C(=O)NCc1cccc(S(N)(=O)=O)c1. The molecule has 0 aliphatic carbocycles. The number of sulfonamides is 1. The highest BCUT2D eigenvalue weighted by Gasteiger charge is 2.09. The van der Waals surface area contributed by atoms with Crippen LogP contribution >= 0.6 is 0 Å². The maximum Gasteiger partial charge on any atom is 0.317 e. The molecule has 0 fully saturated rings. The number of nitrogens with two attached hydrogens (primary N) is 1. The highest BCUT2D eigenvalue weighted by molar-refractivity contribution is 7.89. The lowest BCUT2D eigenvalue weighted by Crippen LogP contribution is -2.36. The van der Waals surface area contributed by atoms with E-state index in [9.17, 15) is 13.2 Å². The van der Waals surface area contributed by atoms with Gasteiger partial charge in [-0.05, 0) is 24.6 Å². The van der Waals surface area contributed by atoms with Crippen LogP contribution in [0.15, 0.2) is 29.2 Å². The molecule has 1 aromatic rings. The summed E-state index contributed by atoms with van der Waals surface area (Å²) in [5.74, 6) is 0. The van der Waals surface area contributed by atoms with Crippen molar-refractivity contribution in [2.75, 3.05) is 13.6 Å². The first kappa shape index (κ1) is 14.5. The van der Waals surface area contributed by atoms with Gasteiger partial charge in [-0.25, -0.2) is 18.4 Å². The quantitative estimate of drug-likeness (QED) is 0.835. The average Bonchev–Trinajstić information content (AvgIpc) is 2.34. The van der Waals surface area contributed by atoms with E-state index in [1.54, 1.807) is 19.2 Å². The van der Waals surface area contributed by atoms with Crippen LogP contribution in [0.4, 0.5) is 4.79 Å². The number of benzene rings is 1. The molecular weight excluding hydrogens is 254 g/mol. The molecule has 0 aliphatic heterocycles. The molecule has 1 rings (SSSR count). The van der Waals surface area contributed by atoms with Crippen LogP contribution in [0.3, 0.4) is 0 Å². The van der Waals surface area contributed by atoms with E-state index in [1.807, 2.05) is 6.92 Å². The number of carbonyl (C=O) groups excluding carboxylic acids is 1. The first-order valence-electron chi connectivity index (χ1n) is 5.45. The number of nitrogens with zero attached hydrogens (tertiary/aromatic N) is 1. The van der Waals surface area contributed by atoms with Gasteiger partial charge in [-0.3, -0.25) is 0 Å². The predicted molar refractivity (Wildman–Crippen MR) is 68.4 cm³/mol. The molecule has 1 aromatic carbocycles. The summed E-state index contributed by atoms with van der Waals surface area (Å²) in [5, 5.41) is 7.71. The first-order valence-corrected chi connectivity index (χ1v) is 7.00. The molecule has 0 aliphatic rings. The molecule has 0 saturated heterocycles. The van der Waals surface area contributed by atoms with Crippen molar-refractivity contribution in [1.82, 2.24) is 10.2 Å². The summed E-state index contributed by atoms with van der Waals surface area (Å²) >= 11 is 0. The summed E-state index contributed by atoms with van der Waals surface area (Å²) in [5.41, 5.74) is 0.680. The average molecular weight is 271 g/mol. The monoisotopic (exact) mass is 271 g/mol. The molecule has 0 saturated carbocycles. The summed E-state index contributed by atoms with van der Waals surface area (Å²) in [6.07, 6.45) is 0. The maximum absolute atomic E-state index is 11.5. The van der Waals surface area contributed by atoms with E-state index in [0.717, 1.165) is 0 Å². The Morgan fingerprint density at radius 2 is 2.11 bits per heavy atom. The van der Waals surface area contributed by atoms with E-state index >= 15 is 0 Å². The van der Waals surface area contributed by atoms with E-state index in [2.05, 4.69) is 5.32 Å². The lowest BCUT2D eigenvalue weighted by Gasteiger charge is -2.15. The maximum atomic E-state index is 11.5. The van der Waals surface area contributed by atoms with Crippen molar-refractivity contribution < 1.29 is 13.2 Å². The zero-order valence-electron chi connectivity index (χ0n) is 10.4. The third kappa shape index (κ3) is 4.01. The predicted octanol–water partition coefficient (Wildman–Crippen LogP) is 0.495. The minimum absolute atomic E-state index is 0.0399. The van der Waals surface area contributed by atoms with Gasteiger partial charge in [0, 0.05) is 20.1 Å². The van der Waals surface area contributed by atoms with Crippen LogP contribution in [0.1, 0.15) is 12.5 Å². The summed E-state index contributed by atoms with van der Waals surface area (Å²) in [4.78, 5) is 13.1. The van der Waals surface area contributed by atoms with Gasteiger partial charge < -0.3 is 10.2 Å². The van der Waals surface area contributed by atoms with Crippen LogP contribution < -0.4 is 10.5 Å². The summed E-state index contributed by atoms with van der Waals surface area (Å²) in [6, 6.07) is 5.96. The minimum atomic E-state index is -3.71. The molecule has 0 spiro atoms. The standard InChI is InChI=1S/C11H17N3O3S/c1-3-14(2)11(15)13-8-9-5-4-6-10(7-9)18(12,16)17/h4-7H,3,8H2,1-2H3,(H,13,15)(H2,12,16,17). The van der Waals surface area contributed by atoms with Crippen molar-refractivity contribution in [2.45, 2.75) is 18.4 Å². The smallest absolute Gasteiger partial charge is 0.317 e. The van der Waals surface area contributed by atoms with Crippen molar-refractivity contribution in [3.8, 4) is 0 Å². The summed E-state index contributed by atoms with van der Waals surface area (Å²) in [6.45, 7) is 2.72. The first-order chi connectivity index (χ1) is 8.34. The molecular formula is C11H17N3O3S. The number of carbonyl (C=O) groups is 1. The van der Waals surface area contributed by atoms with Crippen LogP contribution in [0.2, 0.25) is 0 Å². The Bertz CT molecular complexity index is 528. The Labute approximate surface area is 107 Å². The fourth-order valence-electron chi connectivity index (χ4n) is 1.29. The number of urea groups is 1. The van der Waals surface area contributed by atoms with Crippen LogP contribution in [-0.4, -0.2) is 32.9 Å². The minimum Gasteiger partial charge on any atom is -0.334 e. The Morgan fingerprint density at radius 3 is 2.67 bits per heavy atom. The van der Waals surface area contributed by atoms with E-state index in [4.69, 9.17) is 5.14 Å². The number of nitrogens with one attached hydrogen (secondary N) is 1. The zero-order valence-corrected chi connectivity index (χ0v) is 11.2. The molecule has 0 atom stereocenters. The normalized spacial score (nSPS) is 11.1. The van der Waals surface area contributed by atoms with Crippen LogP contribution in [0.5, 0.6) is 0 Å². The van der Waals surface area contributed by atoms with E-state index in [1.165, 1.54) is 17.0 Å². The fraction of sp³-hybridized carbons (Fsp3) is 0.364. The molecule has 0 unspecified atom stereocenters. The van der Waals surface area contributed by atoms with Gasteiger partial charge in [0.2, 0.25) is 10.0 Å². The Kier molecular flexibility index (Phi) is 4.69. The van der Waals surface area contributed by atoms with Crippen molar-refractivity contribution in [3.05, 3.63) is 29.8 Å². The third-order valence-electron chi connectivity index (χ3n) is 2.49. The molecule has 0 aromatic heterocycles. The van der Waals surface area contributed by atoms with Gasteiger partial charge in [-0.1, -0.05) is 12.1 Å². The zero-order chi connectivity index (χ0) is 13.8. The second kappa shape index (κ2) is 5.83. The number of hydrogen-bond donors (Lipinski definition) is 2. The number of primary sulfonamides is 1. The van der Waals surface area contributed by atoms with Crippen molar-refractivity contribution in [2.24, 2.45) is 5.14 Å². The van der Waals surface area contributed by atoms with E-state index in [-0.39, 0.29) is 17.5 Å². The second-order valence-corrected chi connectivity index (χ2v) is 5.43. The van der Waals surface area contributed by atoms with Gasteiger partial charge >= 0.3 is 6.03 Å². The number of rotatable bonds is 4. The molecule has 0 bridgehead atoms. The Morgan fingerprint density at radius 1 is 1.44 bits per heavy atom. The molecule has 18 heavy (non-hydrogen) atoms. The van der Waals surface area contributed by atoms with Gasteiger partial charge in [-0.2, -0.15) is 0 Å². The second-order valence-electron chi connectivity index (χ2n) is 3.87. The van der Waals surface area contributed by atoms with Gasteiger partial charge in [0.1, 0.15) is 0 Å². The van der Waals surface area contributed by atoms with Crippen molar-refractivity contribution >= 4 is 16.1 Å². The van der Waals surface area contributed by atoms with Gasteiger partial charge in [0.25, 0.3) is 0 Å². The lowest BCUT2D eigenvalue weighted by molar-refractivity contribution is 0.210. The van der Waals surface area contributed by atoms with Gasteiger partial charge in [0.05, 0.1) is 4.90 Å². The molecule has 2 amide bonds. The van der Waals surface area contributed by atoms with Crippen LogP contribution in [-0.2, 0) is 16.6 Å². The molecule has 100 valence electrons. The van der Waals surface area contributed by atoms with Crippen molar-refractivity contribution in [3.63, 3.8) is 0 Å². The fourth-order valence-corrected chi connectivity index (χ4v) is 1.87. The topological polar surface area (TPSA) is 92.5 Å². The molecule has 3 N–H and O–H groups in total. The Balaban J connectivity index is 2.72. The highest BCUT2D eigenvalue weighted by atomic mass is 32.2. The third-order valence-corrected chi connectivity index (χ3v) is 3.40. The molecule has 7 heteroatoms. The largest absolute Gasteiger partial charge is 0.334 e. The number of amides is 2. The van der Waals surface area contributed by atoms with E-state index < -0.39 is 10.0 Å². The Hall–Kier alpha value is -1.60. The van der Waals surface area contributed by atoms with Crippen LogP contribution in [0.25, 0.3) is 0 Å². The molecule has 6 nitrogen and oxygen atoms in total. The van der Waals surface area contributed by atoms with Gasteiger partial charge in [0.15, 0.2) is 0 Å². The highest BCUT2D eigenvalue weighted by Crippen LogP contribution is 2.09. The molecule has 0 heterocycles. The molecule has 0 radical (unpaired) electrons.